The lowest BCUT2D eigenvalue weighted by molar-refractivity contribution is 0.513. The molecule has 0 saturated carbocycles. The molecule has 5 heteroatoms. The highest BCUT2D eigenvalue weighted by molar-refractivity contribution is 7.99. The van der Waals surface area contributed by atoms with Gasteiger partial charge in [-0.15, -0.1) is 11.8 Å². The molecule has 1 unspecified atom stereocenters. The van der Waals surface area contributed by atoms with Crippen LogP contribution in [0.3, 0.4) is 0 Å². The molecule has 106 valence electrons. The van der Waals surface area contributed by atoms with Gasteiger partial charge in [0.2, 0.25) is 0 Å². The van der Waals surface area contributed by atoms with E-state index in [9.17, 15) is 13.2 Å². The maximum Gasteiger partial charge on any atom is 0.130 e. The van der Waals surface area contributed by atoms with Gasteiger partial charge in [0.15, 0.2) is 0 Å². The third-order valence-electron chi connectivity index (χ3n) is 2.91. The van der Waals surface area contributed by atoms with Gasteiger partial charge in [0.1, 0.15) is 17.5 Å². The van der Waals surface area contributed by atoms with Crippen LogP contribution in [0.5, 0.6) is 0 Å². The van der Waals surface area contributed by atoms with Gasteiger partial charge in [-0.3, -0.25) is 0 Å². The molecule has 2 aromatic carbocycles. The molecular weight excluding hydrogens is 283 g/mol. The van der Waals surface area contributed by atoms with Gasteiger partial charge < -0.3 is 5.32 Å². The van der Waals surface area contributed by atoms with Crippen molar-refractivity contribution in [2.75, 3.05) is 12.8 Å². The largest absolute Gasteiger partial charge is 0.312 e. The predicted molar refractivity (Wildman–Crippen MR) is 75.3 cm³/mol. The minimum absolute atomic E-state index is 0.0129. The summed E-state index contributed by atoms with van der Waals surface area (Å²) in [6, 6.07) is 9.44. The van der Waals surface area contributed by atoms with Crippen molar-refractivity contribution in [3.8, 4) is 0 Å². The van der Waals surface area contributed by atoms with Crippen LogP contribution in [-0.4, -0.2) is 12.8 Å². The van der Waals surface area contributed by atoms with Gasteiger partial charge in [-0.1, -0.05) is 12.1 Å². The van der Waals surface area contributed by atoms with E-state index in [2.05, 4.69) is 5.32 Å². The first-order valence-electron chi connectivity index (χ1n) is 6.11. The fraction of sp³-hybridized carbons (Fsp3) is 0.200. The van der Waals surface area contributed by atoms with Gasteiger partial charge >= 0.3 is 0 Å². The molecule has 0 saturated heterocycles. The summed E-state index contributed by atoms with van der Waals surface area (Å²) in [4.78, 5) is 0.724. The Hall–Kier alpha value is -1.46. The maximum absolute atomic E-state index is 13.7. The van der Waals surface area contributed by atoms with Gasteiger partial charge in [-0.05, 0) is 37.4 Å². The minimum Gasteiger partial charge on any atom is -0.312 e. The van der Waals surface area contributed by atoms with Crippen molar-refractivity contribution in [2.24, 2.45) is 0 Å². The molecule has 0 heterocycles. The molecule has 0 amide bonds. The Bertz CT molecular complexity index is 569. The average molecular weight is 297 g/mol. The summed E-state index contributed by atoms with van der Waals surface area (Å²) < 4.78 is 40.5. The van der Waals surface area contributed by atoms with Crippen molar-refractivity contribution in [3.05, 3.63) is 65.5 Å². The topological polar surface area (TPSA) is 12.0 Å². The van der Waals surface area contributed by atoms with Crippen LogP contribution in [-0.2, 0) is 0 Å². The first kappa shape index (κ1) is 14.9. The summed E-state index contributed by atoms with van der Waals surface area (Å²) >= 11 is 1.34. The smallest absolute Gasteiger partial charge is 0.130 e. The van der Waals surface area contributed by atoms with Gasteiger partial charge in [0, 0.05) is 22.3 Å². The highest BCUT2D eigenvalue weighted by atomic mass is 32.2. The van der Waals surface area contributed by atoms with E-state index in [0.29, 0.717) is 5.75 Å². The summed E-state index contributed by atoms with van der Waals surface area (Å²) in [7, 11) is 1.64. The van der Waals surface area contributed by atoms with Crippen LogP contribution < -0.4 is 5.32 Å². The maximum atomic E-state index is 13.7. The molecule has 1 N–H and O–H groups in total. The summed E-state index contributed by atoms with van der Waals surface area (Å²) in [5, 5.41) is 2.89. The van der Waals surface area contributed by atoms with Gasteiger partial charge in [-0.25, -0.2) is 13.2 Å². The van der Waals surface area contributed by atoms with E-state index in [1.165, 1.54) is 42.1 Å². The van der Waals surface area contributed by atoms with Crippen LogP contribution in [0.15, 0.2) is 47.4 Å². The molecule has 0 aromatic heterocycles. The van der Waals surface area contributed by atoms with Crippen LogP contribution in [0.4, 0.5) is 13.2 Å². The molecule has 0 aliphatic heterocycles. The summed E-state index contributed by atoms with van der Waals surface area (Å²) in [5.41, 5.74) is 0.0129. The van der Waals surface area contributed by atoms with Gasteiger partial charge in [0.25, 0.3) is 0 Å². The molecule has 1 nitrogen and oxygen atoms in total. The summed E-state index contributed by atoms with van der Waals surface area (Å²) in [5.74, 6) is -1.08. The van der Waals surface area contributed by atoms with E-state index in [0.717, 1.165) is 4.90 Å². The van der Waals surface area contributed by atoms with Crippen molar-refractivity contribution < 1.29 is 13.2 Å². The zero-order valence-corrected chi connectivity index (χ0v) is 11.7. The molecule has 0 aliphatic rings. The molecular formula is C15H14F3NS. The number of hydrogen-bond acceptors (Lipinski definition) is 2. The fourth-order valence-electron chi connectivity index (χ4n) is 1.89. The van der Waals surface area contributed by atoms with E-state index in [-0.39, 0.29) is 11.4 Å². The number of rotatable bonds is 5. The van der Waals surface area contributed by atoms with Crippen LogP contribution in [0.2, 0.25) is 0 Å². The molecule has 0 bridgehead atoms. The highest BCUT2D eigenvalue weighted by Gasteiger charge is 2.18. The Labute approximate surface area is 120 Å². The molecule has 2 aromatic rings. The average Bonchev–Trinajstić information content (AvgIpc) is 2.42. The number of nitrogens with one attached hydrogen (secondary N) is 1. The first-order chi connectivity index (χ1) is 9.61. The van der Waals surface area contributed by atoms with E-state index in [1.807, 2.05) is 0 Å². The second-order valence-corrected chi connectivity index (χ2v) is 5.34. The molecule has 2 rings (SSSR count). The summed E-state index contributed by atoms with van der Waals surface area (Å²) in [6.07, 6.45) is 0. The number of thioether (sulfide) groups is 1. The number of halogens is 3. The lowest BCUT2D eigenvalue weighted by Crippen LogP contribution is -2.21. The molecule has 1 atom stereocenters. The van der Waals surface area contributed by atoms with Crippen molar-refractivity contribution in [3.63, 3.8) is 0 Å². The molecule has 20 heavy (non-hydrogen) atoms. The van der Waals surface area contributed by atoms with Crippen molar-refractivity contribution in [1.82, 2.24) is 5.32 Å². The number of hydrogen-bond donors (Lipinski definition) is 1. The Morgan fingerprint density at radius 3 is 2.30 bits per heavy atom. The number of benzene rings is 2. The fourth-order valence-corrected chi connectivity index (χ4v) is 2.95. The molecule has 0 spiro atoms. The van der Waals surface area contributed by atoms with E-state index in [4.69, 9.17) is 0 Å². The second-order valence-electron chi connectivity index (χ2n) is 4.24. The zero-order chi connectivity index (χ0) is 14.5. The second kappa shape index (κ2) is 6.81. The van der Waals surface area contributed by atoms with E-state index >= 15 is 0 Å². The molecule has 0 fully saturated rings. The Balaban J connectivity index is 2.13. The van der Waals surface area contributed by atoms with Crippen LogP contribution >= 0.6 is 11.8 Å². The van der Waals surface area contributed by atoms with Crippen LogP contribution in [0, 0.1) is 17.5 Å². The van der Waals surface area contributed by atoms with E-state index in [1.54, 1.807) is 19.2 Å². The Morgan fingerprint density at radius 2 is 1.70 bits per heavy atom. The lowest BCUT2D eigenvalue weighted by atomic mass is 10.1. The highest BCUT2D eigenvalue weighted by Crippen LogP contribution is 2.27. The Kier molecular flexibility index (Phi) is 5.09. The van der Waals surface area contributed by atoms with Crippen LogP contribution in [0.1, 0.15) is 11.6 Å². The SMILES string of the molecule is CNC(CSc1cccc(F)c1)c1c(F)cccc1F. The zero-order valence-electron chi connectivity index (χ0n) is 10.9. The van der Waals surface area contributed by atoms with Gasteiger partial charge in [0.05, 0.1) is 0 Å². The van der Waals surface area contributed by atoms with Crippen LogP contribution in [0.25, 0.3) is 0 Å². The lowest BCUT2D eigenvalue weighted by Gasteiger charge is -2.17. The monoisotopic (exact) mass is 297 g/mol. The van der Waals surface area contributed by atoms with E-state index < -0.39 is 17.7 Å². The first-order valence-corrected chi connectivity index (χ1v) is 7.10. The summed E-state index contributed by atoms with van der Waals surface area (Å²) in [6.45, 7) is 0. The third kappa shape index (κ3) is 3.55. The molecule has 0 radical (unpaired) electrons. The quantitative estimate of drug-likeness (QED) is 0.832. The van der Waals surface area contributed by atoms with Crippen molar-refractivity contribution >= 4 is 11.8 Å². The normalized spacial score (nSPS) is 12.4. The minimum atomic E-state index is -0.579. The van der Waals surface area contributed by atoms with Crippen molar-refractivity contribution in [1.29, 1.82) is 0 Å². The van der Waals surface area contributed by atoms with Crippen molar-refractivity contribution in [2.45, 2.75) is 10.9 Å². The Morgan fingerprint density at radius 1 is 1.05 bits per heavy atom. The standard InChI is InChI=1S/C15H14F3NS/c1-19-14(15-12(17)6-3-7-13(15)18)9-20-11-5-2-4-10(16)8-11/h2-8,14,19H,9H2,1H3. The van der Waals surface area contributed by atoms with Gasteiger partial charge in [-0.2, -0.15) is 0 Å². The molecule has 0 aliphatic carbocycles. The predicted octanol–water partition coefficient (Wildman–Crippen LogP) is 4.16. The third-order valence-corrected chi connectivity index (χ3v) is 4.00.